The van der Waals surface area contributed by atoms with Gasteiger partial charge in [0.2, 0.25) is 0 Å². The molecule has 0 amide bonds. The maximum absolute atomic E-state index is 12.8. The van der Waals surface area contributed by atoms with E-state index in [9.17, 15) is 29.7 Å². The van der Waals surface area contributed by atoms with Crippen molar-refractivity contribution in [2.24, 2.45) is 4.99 Å². The summed E-state index contributed by atoms with van der Waals surface area (Å²) in [6.07, 6.45) is 20.8. The summed E-state index contributed by atoms with van der Waals surface area (Å²) < 4.78 is 0. The average molecular weight is 854 g/mol. The van der Waals surface area contributed by atoms with Crippen LogP contribution in [0.5, 0.6) is 0 Å². The molecule has 2 unspecified atom stereocenters. The van der Waals surface area contributed by atoms with Crippen LogP contribution in [-0.2, 0) is 37.9 Å². The van der Waals surface area contributed by atoms with E-state index in [2.05, 4.69) is 52.5 Å². The normalized spacial score (nSPS) is 16.8. The molecule has 0 spiro atoms. The smallest absolute Gasteiger partial charge is 0.303 e. The van der Waals surface area contributed by atoms with Crippen LogP contribution in [0.4, 0.5) is 0 Å². The van der Waals surface area contributed by atoms with Crippen LogP contribution in [0.2, 0.25) is 0 Å². The summed E-state index contributed by atoms with van der Waals surface area (Å²) in [5, 5.41) is 37.1. The number of carboxylic acids is 2. The molecule has 5 rings (SSSR count). The molecule has 0 saturated carbocycles. The van der Waals surface area contributed by atoms with E-state index in [1.54, 1.807) is 18.2 Å². The van der Waals surface area contributed by atoms with E-state index in [0.29, 0.717) is 69.5 Å². The van der Waals surface area contributed by atoms with Crippen molar-refractivity contribution in [3.05, 3.63) is 131 Å². The van der Waals surface area contributed by atoms with Gasteiger partial charge >= 0.3 is 11.9 Å². The number of hydrogen-bond acceptors (Lipinski definition) is 5. The number of rotatable bonds is 18. The Morgan fingerprint density at radius 2 is 1.47 bits per heavy atom. The number of fused-ring (bicyclic) bond motifs is 7. The fourth-order valence-electron chi connectivity index (χ4n) is 7.88. The maximum atomic E-state index is 12.8. The van der Waals surface area contributed by atoms with Gasteiger partial charge in [-0.25, -0.2) is 4.99 Å². The predicted octanol–water partition coefficient (Wildman–Crippen LogP) is 8.50. The van der Waals surface area contributed by atoms with Crippen LogP contribution in [0.15, 0.2) is 86.3 Å². The van der Waals surface area contributed by atoms with Crippen molar-refractivity contribution in [1.82, 2.24) is 9.97 Å². The zero-order chi connectivity index (χ0) is 43.0. The molecule has 3 N–H and O–H groups in total. The number of carboxylic acid groups (broad SMARTS) is 2. The molecule has 2 aromatic rings. The summed E-state index contributed by atoms with van der Waals surface area (Å²) in [6, 6.07) is -0.725. The van der Waals surface area contributed by atoms with Crippen LogP contribution < -0.4 is 20.7 Å². The molecule has 5 heterocycles. The van der Waals surface area contributed by atoms with Crippen molar-refractivity contribution >= 4 is 48.2 Å². The largest absolute Gasteiger partial charge is 0.675 e. The van der Waals surface area contributed by atoms with Gasteiger partial charge in [0.1, 0.15) is 6.29 Å². The number of hydrogen-bond donors (Lipinski definition) is 3. The van der Waals surface area contributed by atoms with E-state index in [0.717, 1.165) is 53.5 Å². The molecule has 320 valence electrons. The topological polar surface area (TPSA) is 167 Å². The molecule has 0 aromatic carbocycles. The Hall–Kier alpha value is -5.22. The molecule has 11 heteroatoms. The van der Waals surface area contributed by atoms with E-state index >= 15 is 0 Å². The standard InChI is InChI=1S/C49H59N4O6.Fe/c1-9-34-31(6)39-25-45-49(46(55)18-12-17-30(5)16-11-15-29(4)14-10-13-28(2)3)33(8)40(52-45)24-44-37(27-54)36(20-22-48(58)59)43(53-44)26-42-35(19-21-47(56)57)32(7)38(51-42)23-41(34)50-39;/h9,13,15,17,23-27,43,46,55H,1,10-12,14,16,18-22H2,2-8H3,(H4-,50,51,52,53,56,57,58,59);/q-1;/p-2/b29-15+,30-17+,42-26?;. The molecule has 3 aliphatic rings. The minimum atomic E-state index is -1.01. The van der Waals surface area contributed by atoms with Crippen LogP contribution in [0.25, 0.3) is 29.6 Å². The number of aliphatic hydroxyl groups excluding tert-OH is 1. The number of aldehydes is 1. The second-order valence-electron chi connectivity index (χ2n) is 16.0. The Morgan fingerprint density at radius 3 is 2.10 bits per heavy atom. The van der Waals surface area contributed by atoms with E-state index in [1.165, 1.54) is 16.7 Å². The number of aliphatic hydroxyl groups is 1. The molecule has 0 fully saturated rings. The molecule has 2 aromatic heterocycles. The van der Waals surface area contributed by atoms with Gasteiger partial charge in [-0.3, -0.25) is 14.4 Å². The zero-order valence-corrected chi connectivity index (χ0v) is 36.9. The quantitative estimate of drug-likeness (QED) is 0.0763. The minimum absolute atomic E-state index is 0. The van der Waals surface area contributed by atoms with Crippen molar-refractivity contribution in [3.8, 4) is 0 Å². The van der Waals surface area contributed by atoms with E-state index in [-0.39, 0.29) is 48.3 Å². The van der Waals surface area contributed by atoms with Crippen molar-refractivity contribution in [2.45, 2.75) is 125 Å². The number of nitrogens with zero attached hydrogens (tertiary/aromatic N) is 4. The number of allylic oxidation sites excluding steroid dienone is 10. The summed E-state index contributed by atoms with van der Waals surface area (Å²) in [4.78, 5) is 51.2. The Labute approximate surface area is 364 Å². The fourth-order valence-corrected chi connectivity index (χ4v) is 7.88. The predicted molar refractivity (Wildman–Crippen MR) is 236 cm³/mol. The number of carbonyl (C=O) groups is 3. The van der Waals surface area contributed by atoms with Crippen molar-refractivity contribution in [2.75, 3.05) is 0 Å². The third-order valence-corrected chi connectivity index (χ3v) is 11.3. The molecule has 0 saturated heterocycles. The third kappa shape index (κ3) is 11.5. The summed E-state index contributed by atoms with van der Waals surface area (Å²) in [7, 11) is 0. The Balaban J connectivity index is 0.00000794. The van der Waals surface area contributed by atoms with E-state index < -0.39 is 24.1 Å². The summed E-state index contributed by atoms with van der Waals surface area (Å²) in [6.45, 7) is 18.4. The van der Waals surface area contributed by atoms with E-state index in [1.807, 2.05) is 32.9 Å². The van der Waals surface area contributed by atoms with Crippen molar-refractivity contribution in [1.29, 1.82) is 0 Å². The van der Waals surface area contributed by atoms with Gasteiger partial charge in [0.05, 0.1) is 17.5 Å². The van der Waals surface area contributed by atoms with Gasteiger partial charge in [-0.05, 0) is 117 Å². The minimum Gasteiger partial charge on any atom is -0.675 e. The molecule has 0 radical (unpaired) electrons. The van der Waals surface area contributed by atoms with Gasteiger partial charge < -0.3 is 30.6 Å². The second kappa shape index (κ2) is 21.3. The number of carbonyl (C=O) groups excluding carboxylic acids is 1. The molecular weight excluding hydrogens is 796 g/mol. The van der Waals surface area contributed by atoms with Crippen LogP contribution in [0.1, 0.15) is 132 Å². The molecule has 2 atom stereocenters. The average Bonchev–Trinajstić information content (AvgIpc) is 3.85. The van der Waals surface area contributed by atoms with Crippen LogP contribution in [-0.4, -0.2) is 45.3 Å². The van der Waals surface area contributed by atoms with Gasteiger partial charge in [0.25, 0.3) is 0 Å². The second-order valence-corrected chi connectivity index (χ2v) is 16.0. The first-order valence-corrected chi connectivity index (χ1v) is 20.5. The number of aliphatic carboxylic acids is 2. The molecular formula is C49H57FeN4O6-3. The Morgan fingerprint density at radius 1 is 0.817 bits per heavy atom. The first-order valence-electron chi connectivity index (χ1n) is 20.5. The summed E-state index contributed by atoms with van der Waals surface area (Å²) in [5.74, 6) is -1.96. The molecule has 3 aliphatic heterocycles. The first-order chi connectivity index (χ1) is 28.1. The van der Waals surface area contributed by atoms with Gasteiger partial charge in [-0.1, -0.05) is 94.1 Å². The molecule has 0 aliphatic carbocycles. The Kier molecular flexibility index (Phi) is 16.9. The van der Waals surface area contributed by atoms with E-state index in [4.69, 9.17) is 20.3 Å². The number of aliphatic imine (C=N–C) groups is 1. The molecule has 8 bridgehead atoms. The monoisotopic (exact) mass is 853 g/mol. The summed E-state index contributed by atoms with van der Waals surface area (Å²) >= 11 is 0. The van der Waals surface area contributed by atoms with Gasteiger partial charge in [0, 0.05) is 35.5 Å². The molecule has 10 nitrogen and oxygen atoms in total. The fraction of sp³-hybridized carbons (Fsp3) is 0.388. The van der Waals surface area contributed by atoms with Gasteiger partial charge in [-0.15, -0.1) is 33.9 Å². The third-order valence-electron chi connectivity index (χ3n) is 11.3. The van der Waals surface area contributed by atoms with Crippen LogP contribution in [0.3, 0.4) is 0 Å². The van der Waals surface area contributed by atoms with Crippen LogP contribution in [0, 0.1) is 13.8 Å². The SMILES string of the molecule is C=CC1=C(C)C2=Cc3[n-]c(c(C)c3C(O)CC/C=C(\C)CC/C=C(\C)CCC=C(C)C)C=C3[N-]C(C=c4[n-]c(c(C)c4CCC(=O)O)=CC1=N2)C(CCC(=O)O)=C3C=O.[Fe]. The zero-order valence-electron chi connectivity index (χ0n) is 35.8. The molecule has 60 heavy (non-hydrogen) atoms. The first kappa shape index (κ1) is 47.5. The van der Waals surface area contributed by atoms with Crippen molar-refractivity contribution in [3.63, 3.8) is 0 Å². The van der Waals surface area contributed by atoms with Crippen molar-refractivity contribution < 1.29 is 46.8 Å². The Bertz CT molecular complexity index is 2400. The van der Waals surface area contributed by atoms with Crippen LogP contribution >= 0.6 is 0 Å². The number of aromatic nitrogens is 2. The van der Waals surface area contributed by atoms with Gasteiger partial charge in [-0.2, -0.15) is 0 Å². The van der Waals surface area contributed by atoms with Gasteiger partial charge in [0.15, 0.2) is 0 Å². The maximum Gasteiger partial charge on any atom is 0.303 e. The summed E-state index contributed by atoms with van der Waals surface area (Å²) in [5.41, 5.74) is 12.2.